The zero-order valence-corrected chi connectivity index (χ0v) is 19.7. The quantitative estimate of drug-likeness (QED) is 0.774. The molecule has 2 aromatic heterocycles. The molecular weight excluding hydrogens is 392 g/mol. The SMILES string of the molecule is Cn1c(=O)n(CC(C)(C)C)c2ccc(C3=CC4(C(C)(C)C)CCC3CN4C(=O)O)nc21. The summed E-state index contributed by atoms with van der Waals surface area (Å²) in [6.07, 6.45) is 3.05. The van der Waals surface area contributed by atoms with Crippen molar-refractivity contribution in [3.63, 3.8) is 0 Å². The summed E-state index contributed by atoms with van der Waals surface area (Å²) in [5.41, 5.74) is 2.59. The first-order chi connectivity index (χ1) is 14.2. The Morgan fingerprint density at radius 2 is 1.90 bits per heavy atom. The van der Waals surface area contributed by atoms with E-state index in [0.717, 1.165) is 29.6 Å². The van der Waals surface area contributed by atoms with Gasteiger partial charge in [-0.3, -0.25) is 14.0 Å². The van der Waals surface area contributed by atoms with E-state index in [1.54, 1.807) is 21.1 Å². The molecule has 168 valence electrons. The van der Waals surface area contributed by atoms with Gasteiger partial charge in [0.1, 0.15) is 0 Å². The minimum absolute atomic E-state index is 0.0266. The lowest BCUT2D eigenvalue weighted by molar-refractivity contribution is -0.00912. The van der Waals surface area contributed by atoms with Gasteiger partial charge in [-0.15, -0.1) is 0 Å². The van der Waals surface area contributed by atoms with Gasteiger partial charge in [0.05, 0.1) is 16.7 Å². The van der Waals surface area contributed by atoms with Crippen LogP contribution in [0.1, 0.15) is 60.1 Å². The fourth-order valence-corrected chi connectivity index (χ4v) is 5.37. The van der Waals surface area contributed by atoms with Crippen molar-refractivity contribution < 1.29 is 9.90 Å². The molecule has 2 aromatic rings. The van der Waals surface area contributed by atoms with Crippen molar-refractivity contribution in [3.8, 4) is 0 Å². The van der Waals surface area contributed by atoms with Crippen LogP contribution in [0.15, 0.2) is 23.0 Å². The van der Waals surface area contributed by atoms with Gasteiger partial charge in [0.2, 0.25) is 0 Å². The Morgan fingerprint density at radius 1 is 1.23 bits per heavy atom. The molecule has 4 heterocycles. The van der Waals surface area contributed by atoms with Crippen molar-refractivity contribution in [3.05, 3.63) is 34.4 Å². The van der Waals surface area contributed by atoms with Crippen LogP contribution in [-0.4, -0.2) is 42.3 Å². The maximum Gasteiger partial charge on any atom is 0.408 e. The summed E-state index contributed by atoms with van der Waals surface area (Å²) < 4.78 is 3.42. The smallest absolute Gasteiger partial charge is 0.408 e. The normalized spacial score (nSPS) is 24.0. The number of carbonyl (C=O) groups is 1. The van der Waals surface area contributed by atoms with Crippen LogP contribution < -0.4 is 5.69 Å². The molecule has 2 bridgehead atoms. The number of piperidine rings is 1. The summed E-state index contributed by atoms with van der Waals surface area (Å²) in [5.74, 6) is 0.124. The largest absolute Gasteiger partial charge is 0.465 e. The van der Waals surface area contributed by atoms with Crippen LogP contribution in [0.25, 0.3) is 16.7 Å². The Hall–Kier alpha value is -2.57. The van der Waals surface area contributed by atoms with Crippen molar-refractivity contribution >= 4 is 22.8 Å². The predicted octanol–water partition coefficient (Wildman–Crippen LogP) is 4.35. The molecule has 5 rings (SSSR count). The summed E-state index contributed by atoms with van der Waals surface area (Å²) in [6, 6.07) is 3.99. The topological polar surface area (TPSA) is 80.4 Å². The third kappa shape index (κ3) is 3.29. The van der Waals surface area contributed by atoms with E-state index in [1.807, 2.05) is 12.1 Å². The van der Waals surface area contributed by atoms with Gasteiger partial charge in [-0.2, -0.15) is 0 Å². The van der Waals surface area contributed by atoms with Crippen LogP contribution in [0.5, 0.6) is 0 Å². The monoisotopic (exact) mass is 426 g/mol. The van der Waals surface area contributed by atoms with Crippen LogP contribution in [0.4, 0.5) is 4.79 Å². The maximum absolute atomic E-state index is 12.9. The summed E-state index contributed by atoms with van der Waals surface area (Å²) in [7, 11) is 1.77. The second-order valence-corrected chi connectivity index (χ2v) is 11.4. The van der Waals surface area contributed by atoms with Crippen LogP contribution >= 0.6 is 0 Å². The predicted molar refractivity (Wildman–Crippen MR) is 122 cm³/mol. The van der Waals surface area contributed by atoms with Crippen molar-refractivity contribution in [2.45, 2.75) is 66.5 Å². The fraction of sp³-hybridized carbons (Fsp3) is 0.625. The van der Waals surface area contributed by atoms with E-state index in [2.05, 4.69) is 47.6 Å². The van der Waals surface area contributed by atoms with Crippen molar-refractivity contribution in [2.24, 2.45) is 23.8 Å². The zero-order chi connectivity index (χ0) is 22.9. The third-order valence-corrected chi connectivity index (χ3v) is 7.03. The van der Waals surface area contributed by atoms with Crippen LogP contribution in [0, 0.1) is 16.7 Å². The number of rotatable bonds is 2. The molecule has 3 aliphatic rings. The first-order valence-electron chi connectivity index (χ1n) is 11.1. The van der Waals surface area contributed by atoms with E-state index >= 15 is 0 Å². The number of amides is 1. The van der Waals surface area contributed by atoms with E-state index in [-0.39, 0.29) is 22.4 Å². The second kappa shape index (κ2) is 6.71. The van der Waals surface area contributed by atoms with Gasteiger partial charge < -0.3 is 5.11 Å². The highest BCUT2D eigenvalue weighted by molar-refractivity contribution is 5.79. The molecule has 7 nitrogen and oxygen atoms in total. The number of imidazole rings is 1. The van der Waals surface area contributed by atoms with Crippen molar-refractivity contribution in [1.29, 1.82) is 0 Å². The number of pyridine rings is 1. The van der Waals surface area contributed by atoms with Gasteiger partial charge in [-0.25, -0.2) is 14.6 Å². The lowest BCUT2D eigenvalue weighted by Crippen LogP contribution is -2.64. The first kappa shape index (κ1) is 21.7. The van der Waals surface area contributed by atoms with Crippen LogP contribution in [0.3, 0.4) is 0 Å². The molecule has 1 saturated heterocycles. The van der Waals surface area contributed by atoms with E-state index in [4.69, 9.17) is 4.98 Å². The van der Waals surface area contributed by atoms with Crippen LogP contribution in [-0.2, 0) is 13.6 Å². The molecule has 1 N–H and O–H groups in total. The highest BCUT2D eigenvalue weighted by Gasteiger charge is 2.54. The molecule has 7 heteroatoms. The molecule has 1 aliphatic carbocycles. The van der Waals surface area contributed by atoms with Gasteiger partial charge in [0.25, 0.3) is 0 Å². The first-order valence-corrected chi connectivity index (χ1v) is 11.1. The molecule has 2 aliphatic heterocycles. The molecule has 0 saturated carbocycles. The second-order valence-electron chi connectivity index (χ2n) is 11.4. The number of hydrogen-bond donors (Lipinski definition) is 1. The highest BCUT2D eigenvalue weighted by Crippen LogP contribution is 2.52. The van der Waals surface area contributed by atoms with Gasteiger partial charge in [-0.1, -0.05) is 47.6 Å². The molecule has 2 unspecified atom stereocenters. The average molecular weight is 427 g/mol. The van der Waals surface area contributed by atoms with Crippen molar-refractivity contribution in [1.82, 2.24) is 19.0 Å². The van der Waals surface area contributed by atoms with Gasteiger partial charge in [0.15, 0.2) is 5.65 Å². The molecule has 1 fully saturated rings. The lowest BCUT2D eigenvalue weighted by atomic mass is 9.60. The number of nitrogens with zero attached hydrogens (tertiary/aromatic N) is 4. The van der Waals surface area contributed by atoms with Crippen LogP contribution in [0.2, 0.25) is 0 Å². The Labute approximate surface area is 183 Å². The average Bonchev–Trinajstić information content (AvgIpc) is 2.90. The Kier molecular flexibility index (Phi) is 4.69. The molecule has 2 atom stereocenters. The Balaban J connectivity index is 1.86. The molecule has 1 amide bonds. The third-order valence-electron chi connectivity index (χ3n) is 7.03. The Morgan fingerprint density at radius 3 is 2.48 bits per heavy atom. The van der Waals surface area contributed by atoms with E-state index in [0.29, 0.717) is 18.7 Å². The minimum Gasteiger partial charge on any atom is -0.465 e. The summed E-state index contributed by atoms with van der Waals surface area (Å²) in [4.78, 5) is 31.5. The van der Waals surface area contributed by atoms with Gasteiger partial charge >= 0.3 is 11.8 Å². The molecule has 0 spiro atoms. The molecule has 0 radical (unpaired) electrons. The zero-order valence-electron chi connectivity index (χ0n) is 19.7. The fourth-order valence-electron chi connectivity index (χ4n) is 5.37. The number of aromatic nitrogens is 3. The molecule has 31 heavy (non-hydrogen) atoms. The van der Waals surface area contributed by atoms with E-state index in [1.165, 1.54) is 0 Å². The van der Waals surface area contributed by atoms with Gasteiger partial charge in [-0.05, 0) is 41.4 Å². The number of fused-ring (bicyclic) bond motifs is 3. The minimum atomic E-state index is -0.861. The Bertz CT molecular complexity index is 1140. The summed E-state index contributed by atoms with van der Waals surface area (Å²) >= 11 is 0. The van der Waals surface area contributed by atoms with E-state index in [9.17, 15) is 14.7 Å². The molecule has 0 aromatic carbocycles. The standard InChI is InChI=1S/C24H34N4O3/c1-22(2,3)14-27-18-9-8-17(25-19(18)26(7)20(27)29)16-12-24(23(4,5)6)11-10-15(16)13-28(24)21(30)31/h8-9,12,15H,10-11,13-14H2,1-7H3,(H,30,31). The lowest BCUT2D eigenvalue weighted by Gasteiger charge is -2.57. The number of hydrogen-bond acceptors (Lipinski definition) is 3. The summed E-state index contributed by atoms with van der Waals surface area (Å²) in [6.45, 7) is 13.8. The van der Waals surface area contributed by atoms with Gasteiger partial charge in [0, 0.05) is 26.1 Å². The highest BCUT2D eigenvalue weighted by atomic mass is 16.4. The number of carboxylic acid groups (broad SMARTS) is 1. The van der Waals surface area contributed by atoms with Crippen molar-refractivity contribution in [2.75, 3.05) is 6.54 Å². The van der Waals surface area contributed by atoms with E-state index < -0.39 is 11.6 Å². The maximum atomic E-state index is 12.9. The summed E-state index contributed by atoms with van der Waals surface area (Å²) in [5, 5.41) is 9.89. The molecular formula is C24H34N4O3. The number of aryl methyl sites for hydroxylation is 1.